The summed E-state index contributed by atoms with van der Waals surface area (Å²) < 4.78 is 17.8. The first-order valence-corrected chi connectivity index (χ1v) is 23.9. The molecule has 0 aromatic heterocycles. The van der Waals surface area contributed by atoms with E-state index in [0.29, 0.717) is 19.4 Å². The molecule has 4 aromatic rings. The van der Waals surface area contributed by atoms with Gasteiger partial charge in [-0.25, -0.2) is 9.59 Å². The van der Waals surface area contributed by atoms with Crippen molar-refractivity contribution in [1.29, 1.82) is 0 Å². The van der Waals surface area contributed by atoms with Crippen molar-refractivity contribution in [3.8, 4) is 11.1 Å². The third-order valence-corrected chi connectivity index (χ3v) is 16.5. The summed E-state index contributed by atoms with van der Waals surface area (Å²) in [4.78, 5) is 70.3. The average Bonchev–Trinajstić information content (AvgIpc) is 3.87. The molecule has 12 nitrogen and oxygen atoms in total. The number of rotatable bonds is 16. The standard InChI is InChI=1S/C48H58N4O8Si/c1-32(49-47(57)59-30-39-37-24-15-13-22-35(37)36-23-14-16-25-38(36)39)45(55)52-27-17-26-42(52)44(54)50-40(28-33-18-9-7-10-19-33)43(53)51-41(31-60-61(5,6)48(2,3)4)46(56)58-29-34-20-11-8-12-21-34/h7-16,18-25,32,39-42H,17,26-31H2,1-6H3,(H,49,57)(H,50,54)(H,51,53)/t32-,40-,41-,42-/m0/s1. The second kappa shape index (κ2) is 19.7. The number of alkyl carbamates (subject to hydrolysis) is 1. The maximum absolute atomic E-state index is 14.2. The Morgan fingerprint density at radius 3 is 1.92 bits per heavy atom. The van der Waals surface area contributed by atoms with Crippen LogP contribution in [0.25, 0.3) is 11.1 Å². The highest BCUT2D eigenvalue weighted by Gasteiger charge is 2.41. The molecule has 0 radical (unpaired) electrons. The quantitative estimate of drug-likeness (QED) is 0.0816. The van der Waals surface area contributed by atoms with Gasteiger partial charge in [0, 0.05) is 18.9 Å². The summed E-state index contributed by atoms with van der Waals surface area (Å²) in [5, 5.41) is 8.24. The number of fused-ring (bicyclic) bond motifs is 3. The molecule has 0 bridgehead atoms. The highest BCUT2D eigenvalue weighted by Crippen LogP contribution is 2.44. The van der Waals surface area contributed by atoms with Gasteiger partial charge in [0.15, 0.2) is 8.32 Å². The van der Waals surface area contributed by atoms with E-state index >= 15 is 0 Å². The van der Waals surface area contributed by atoms with Crippen LogP contribution in [0.5, 0.6) is 0 Å². The average molecular weight is 847 g/mol. The van der Waals surface area contributed by atoms with Crippen molar-refractivity contribution < 1.29 is 37.9 Å². The molecule has 0 saturated carbocycles. The van der Waals surface area contributed by atoms with Gasteiger partial charge in [0.25, 0.3) is 0 Å². The second-order valence-electron chi connectivity index (χ2n) is 17.4. The Labute approximate surface area is 359 Å². The summed E-state index contributed by atoms with van der Waals surface area (Å²) in [7, 11) is -2.36. The van der Waals surface area contributed by atoms with Gasteiger partial charge in [-0.1, -0.05) is 130 Å². The van der Waals surface area contributed by atoms with Gasteiger partial charge < -0.3 is 34.8 Å². The van der Waals surface area contributed by atoms with Crippen LogP contribution in [0.4, 0.5) is 4.79 Å². The molecule has 4 atom stereocenters. The number of nitrogens with one attached hydrogen (secondary N) is 3. The fraction of sp³-hybridized carbons (Fsp3) is 0.396. The number of amides is 4. The van der Waals surface area contributed by atoms with Gasteiger partial charge in [0.2, 0.25) is 17.7 Å². The van der Waals surface area contributed by atoms with Crippen LogP contribution in [0, 0.1) is 0 Å². The lowest BCUT2D eigenvalue weighted by Gasteiger charge is -2.37. The van der Waals surface area contributed by atoms with Gasteiger partial charge in [0.1, 0.15) is 37.4 Å². The van der Waals surface area contributed by atoms with E-state index in [0.717, 1.165) is 33.4 Å². The van der Waals surface area contributed by atoms with Crippen LogP contribution >= 0.6 is 0 Å². The van der Waals surface area contributed by atoms with E-state index < -0.39 is 62.3 Å². The number of hydrogen-bond donors (Lipinski definition) is 3. The molecule has 6 rings (SSSR count). The van der Waals surface area contributed by atoms with E-state index in [1.165, 1.54) is 4.90 Å². The number of ether oxygens (including phenoxy) is 2. The van der Waals surface area contributed by atoms with Gasteiger partial charge in [-0.2, -0.15) is 0 Å². The van der Waals surface area contributed by atoms with Crippen LogP contribution < -0.4 is 16.0 Å². The maximum Gasteiger partial charge on any atom is 0.407 e. The molecule has 2 aliphatic rings. The van der Waals surface area contributed by atoms with Gasteiger partial charge in [0.05, 0.1) is 6.61 Å². The number of nitrogens with zero attached hydrogens (tertiary/aromatic N) is 1. The number of carbonyl (C=O) groups excluding carboxylic acids is 5. The number of benzene rings is 4. The van der Waals surface area contributed by atoms with Crippen LogP contribution in [0.2, 0.25) is 18.1 Å². The zero-order valence-corrected chi connectivity index (χ0v) is 36.9. The molecule has 1 heterocycles. The van der Waals surface area contributed by atoms with E-state index in [9.17, 15) is 24.0 Å². The Kier molecular flexibility index (Phi) is 14.5. The molecule has 61 heavy (non-hydrogen) atoms. The van der Waals surface area contributed by atoms with Crippen LogP contribution in [-0.2, 0) is 46.1 Å². The van der Waals surface area contributed by atoms with E-state index in [2.05, 4.69) is 61.9 Å². The second-order valence-corrected chi connectivity index (χ2v) is 22.2. The third-order valence-electron chi connectivity index (χ3n) is 12.0. The van der Waals surface area contributed by atoms with Crippen molar-refractivity contribution in [1.82, 2.24) is 20.9 Å². The predicted molar refractivity (Wildman–Crippen MR) is 236 cm³/mol. The fourth-order valence-corrected chi connectivity index (χ4v) is 8.55. The summed E-state index contributed by atoms with van der Waals surface area (Å²) in [6, 6.07) is 30.4. The molecule has 0 spiro atoms. The van der Waals surface area contributed by atoms with Crippen LogP contribution in [0.3, 0.4) is 0 Å². The zero-order valence-electron chi connectivity index (χ0n) is 35.9. The van der Waals surface area contributed by atoms with E-state index in [-0.39, 0.29) is 37.2 Å². The Bertz CT molecular complexity index is 2130. The first-order chi connectivity index (χ1) is 29.1. The lowest BCUT2D eigenvalue weighted by Crippen LogP contribution is -2.58. The van der Waals surface area contributed by atoms with Crippen molar-refractivity contribution in [2.24, 2.45) is 0 Å². The minimum atomic E-state index is -2.36. The van der Waals surface area contributed by atoms with Crippen molar-refractivity contribution >= 4 is 38.1 Å². The van der Waals surface area contributed by atoms with E-state index in [4.69, 9.17) is 13.9 Å². The number of esters is 1. The fourth-order valence-electron chi connectivity index (χ4n) is 7.54. The van der Waals surface area contributed by atoms with Crippen LogP contribution in [0.1, 0.15) is 68.7 Å². The molecular weight excluding hydrogens is 789 g/mol. The zero-order chi connectivity index (χ0) is 43.7. The lowest BCUT2D eigenvalue weighted by atomic mass is 9.98. The summed E-state index contributed by atoms with van der Waals surface area (Å²) >= 11 is 0. The number of hydrogen-bond acceptors (Lipinski definition) is 8. The Morgan fingerprint density at radius 1 is 0.738 bits per heavy atom. The molecule has 4 aromatic carbocycles. The lowest BCUT2D eigenvalue weighted by molar-refractivity contribution is -0.150. The SMILES string of the molecule is C[C@H](NC(=O)OCC1c2ccccc2-c2ccccc21)C(=O)N1CCC[C@H]1C(=O)N[C@@H](Cc1ccccc1)C(=O)N[C@@H](CO[Si](C)(C)C(C)(C)C)C(=O)OCc1ccccc1. The molecule has 1 aliphatic carbocycles. The Morgan fingerprint density at radius 2 is 1.31 bits per heavy atom. The van der Waals surface area contributed by atoms with Gasteiger partial charge in [-0.3, -0.25) is 14.4 Å². The Balaban J connectivity index is 1.11. The minimum absolute atomic E-state index is 0.0104. The molecule has 3 N–H and O–H groups in total. The van der Waals surface area contributed by atoms with Crippen LogP contribution in [0.15, 0.2) is 109 Å². The summed E-state index contributed by atoms with van der Waals surface area (Å²) in [5.41, 5.74) is 5.93. The Hall–Kier alpha value is -5.79. The highest BCUT2D eigenvalue weighted by molar-refractivity contribution is 6.74. The van der Waals surface area contributed by atoms with Crippen molar-refractivity contribution in [2.75, 3.05) is 19.8 Å². The summed E-state index contributed by atoms with van der Waals surface area (Å²) in [5.74, 6) is -2.36. The maximum atomic E-state index is 14.2. The smallest absolute Gasteiger partial charge is 0.407 e. The summed E-state index contributed by atoms with van der Waals surface area (Å²) in [6.07, 6.45) is 0.297. The normalized spacial score (nSPS) is 16.4. The monoisotopic (exact) mass is 846 g/mol. The molecule has 4 amide bonds. The number of likely N-dealkylation sites (tertiary alicyclic amines) is 1. The first-order valence-electron chi connectivity index (χ1n) is 21.0. The molecular formula is C48H58N4O8Si. The molecule has 1 aliphatic heterocycles. The van der Waals surface area contributed by atoms with Crippen molar-refractivity contribution in [3.05, 3.63) is 131 Å². The molecule has 0 unspecified atom stereocenters. The van der Waals surface area contributed by atoms with Crippen molar-refractivity contribution in [2.45, 2.75) is 102 Å². The van der Waals surface area contributed by atoms with Gasteiger partial charge >= 0.3 is 12.1 Å². The molecule has 13 heteroatoms. The topological polar surface area (TPSA) is 152 Å². The first kappa shape index (κ1) is 44.8. The molecule has 1 saturated heterocycles. The summed E-state index contributed by atoms with van der Waals surface area (Å²) in [6.45, 7) is 12.2. The molecule has 322 valence electrons. The van der Waals surface area contributed by atoms with Gasteiger partial charge in [-0.15, -0.1) is 0 Å². The van der Waals surface area contributed by atoms with E-state index in [1.807, 2.05) is 97.1 Å². The molecule has 1 fully saturated rings. The highest BCUT2D eigenvalue weighted by atomic mass is 28.4. The van der Waals surface area contributed by atoms with E-state index in [1.54, 1.807) is 6.92 Å². The third kappa shape index (κ3) is 11.1. The predicted octanol–water partition coefficient (Wildman–Crippen LogP) is 6.88. The van der Waals surface area contributed by atoms with Crippen molar-refractivity contribution in [3.63, 3.8) is 0 Å². The van der Waals surface area contributed by atoms with Crippen LogP contribution in [-0.4, -0.2) is 86.9 Å². The minimum Gasteiger partial charge on any atom is -0.459 e. The van der Waals surface area contributed by atoms with Gasteiger partial charge in [-0.05, 0) is 71.3 Å². The number of carbonyl (C=O) groups is 5. The largest absolute Gasteiger partial charge is 0.459 e.